The summed E-state index contributed by atoms with van der Waals surface area (Å²) in [6, 6.07) is 5.49. The van der Waals surface area contributed by atoms with Crippen molar-refractivity contribution in [3.63, 3.8) is 0 Å². The number of hydrogen-bond acceptors (Lipinski definition) is 1. The zero-order chi connectivity index (χ0) is 13.4. The van der Waals surface area contributed by atoms with Gasteiger partial charge in [-0.3, -0.25) is 4.79 Å². The Kier molecular flexibility index (Phi) is 7.14. The van der Waals surface area contributed by atoms with Crippen molar-refractivity contribution in [3.05, 3.63) is 34.3 Å². The zero-order valence-corrected chi connectivity index (χ0v) is 12.2. The molecule has 0 saturated carbocycles. The van der Waals surface area contributed by atoms with Crippen LogP contribution in [-0.2, 0) is 0 Å². The summed E-state index contributed by atoms with van der Waals surface area (Å²) in [5.41, 5.74) is 1.48. The van der Waals surface area contributed by atoms with Gasteiger partial charge in [0.2, 0.25) is 0 Å². The number of carbonyl (C=O) groups is 1. The van der Waals surface area contributed by atoms with E-state index < -0.39 is 0 Å². The Morgan fingerprint density at radius 2 is 1.94 bits per heavy atom. The van der Waals surface area contributed by atoms with Crippen molar-refractivity contribution in [2.24, 2.45) is 0 Å². The lowest BCUT2D eigenvalue weighted by atomic mass is 10.1. The third kappa shape index (κ3) is 4.87. The lowest BCUT2D eigenvalue weighted by Gasteiger charge is -2.08. The molecule has 0 aromatic heterocycles. The van der Waals surface area contributed by atoms with Crippen molar-refractivity contribution >= 4 is 29.1 Å². The number of carbonyl (C=O) groups excluding carboxylic acids is 1. The van der Waals surface area contributed by atoms with E-state index in [4.69, 9.17) is 23.2 Å². The number of amides is 1. The van der Waals surface area contributed by atoms with Crippen molar-refractivity contribution in [1.82, 2.24) is 5.32 Å². The highest BCUT2D eigenvalue weighted by Crippen LogP contribution is 2.19. The monoisotopic (exact) mass is 287 g/mol. The summed E-state index contributed by atoms with van der Waals surface area (Å²) in [5, 5.41) is 3.43. The molecule has 2 nitrogen and oxygen atoms in total. The molecule has 1 aromatic rings. The van der Waals surface area contributed by atoms with Crippen LogP contribution in [0, 0.1) is 6.92 Å². The van der Waals surface area contributed by atoms with Gasteiger partial charge >= 0.3 is 0 Å². The molecule has 100 valence electrons. The number of unbranched alkanes of at least 4 members (excludes halogenated alkanes) is 3. The maximum Gasteiger partial charge on any atom is 0.252 e. The molecular formula is C14H19Cl2NO. The van der Waals surface area contributed by atoms with Crippen molar-refractivity contribution in [2.75, 3.05) is 12.4 Å². The minimum absolute atomic E-state index is 0.0963. The van der Waals surface area contributed by atoms with Crippen LogP contribution in [0.4, 0.5) is 0 Å². The summed E-state index contributed by atoms with van der Waals surface area (Å²) in [6.45, 7) is 2.58. The molecule has 0 atom stereocenters. The molecule has 0 aliphatic heterocycles. The first-order valence-corrected chi connectivity index (χ1v) is 7.17. The number of nitrogens with one attached hydrogen (secondary N) is 1. The topological polar surface area (TPSA) is 29.1 Å². The van der Waals surface area contributed by atoms with Gasteiger partial charge in [0.1, 0.15) is 0 Å². The van der Waals surface area contributed by atoms with Gasteiger partial charge in [-0.2, -0.15) is 0 Å². The van der Waals surface area contributed by atoms with Crippen LogP contribution >= 0.6 is 23.2 Å². The van der Waals surface area contributed by atoms with Gasteiger partial charge in [0.15, 0.2) is 0 Å². The molecule has 0 aliphatic rings. The average molecular weight is 288 g/mol. The first kappa shape index (κ1) is 15.3. The molecule has 4 heteroatoms. The summed E-state index contributed by atoms with van der Waals surface area (Å²) < 4.78 is 0. The predicted molar refractivity (Wildman–Crippen MR) is 77.7 cm³/mol. The van der Waals surface area contributed by atoms with Crippen LogP contribution in [-0.4, -0.2) is 18.3 Å². The first-order chi connectivity index (χ1) is 8.66. The van der Waals surface area contributed by atoms with E-state index in [0.29, 0.717) is 23.0 Å². The molecule has 0 unspecified atom stereocenters. The fourth-order valence-electron chi connectivity index (χ4n) is 1.69. The van der Waals surface area contributed by atoms with Crippen LogP contribution < -0.4 is 5.32 Å². The van der Waals surface area contributed by atoms with Gasteiger partial charge in [-0.1, -0.05) is 36.6 Å². The van der Waals surface area contributed by atoms with Gasteiger partial charge in [-0.25, -0.2) is 0 Å². The maximum absolute atomic E-state index is 11.9. The van der Waals surface area contributed by atoms with E-state index >= 15 is 0 Å². The molecule has 0 fully saturated rings. The molecule has 1 N–H and O–H groups in total. The van der Waals surface area contributed by atoms with Gasteiger partial charge in [-0.15, -0.1) is 11.6 Å². The summed E-state index contributed by atoms with van der Waals surface area (Å²) in [5.74, 6) is 0.617. The normalized spacial score (nSPS) is 10.4. The number of hydrogen-bond donors (Lipinski definition) is 1. The van der Waals surface area contributed by atoms with E-state index in [1.165, 1.54) is 0 Å². The molecule has 0 heterocycles. The van der Waals surface area contributed by atoms with E-state index in [2.05, 4.69) is 5.32 Å². The molecule has 0 bridgehead atoms. The average Bonchev–Trinajstić information content (AvgIpc) is 2.36. The Balaban J connectivity index is 2.35. The van der Waals surface area contributed by atoms with E-state index in [-0.39, 0.29) is 5.91 Å². The third-order valence-electron chi connectivity index (χ3n) is 2.78. The van der Waals surface area contributed by atoms with E-state index in [0.717, 1.165) is 31.2 Å². The second kappa shape index (κ2) is 8.39. The number of benzene rings is 1. The highest BCUT2D eigenvalue weighted by atomic mass is 35.5. The zero-order valence-electron chi connectivity index (χ0n) is 10.6. The standard InChI is InChI=1S/C14H19Cl2NO/c1-11-7-6-8-12(13(11)16)14(18)17-10-5-3-2-4-9-15/h6-8H,2-5,9-10H2,1H3,(H,17,18). The first-order valence-electron chi connectivity index (χ1n) is 6.26. The molecule has 0 radical (unpaired) electrons. The lowest BCUT2D eigenvalue weighted by Crippen LogP contribution is -2.24. The Labute approximate surface area is 119 Å². The van der Waals surface area contributed by atoms with E-state index in [1.807, 2.05) is 19.1 Å². The van der Waals surface area contributed by atoms with Gasteiger partial charge < -0.3 is 5.32 Å². The fraction of sp³-hybridized carbons (Fsp3) is 0.500. The quantitative estimate of drug-likeness (QED) is 0.592. The summed E-state index contributed by atoms with van der Waals surface area (Å²) >= 11 is 11.7. The van der Waals surface area contributed by atoms with Crippen molar-refractivity contribution in [2.45, 2.75) is 32.6 Å². The molecule has 0 spiro atoms. The summed E-state index contributed by atoms with van der Waals surface area (Å²) in [4.78, 5) is 11.9. The number of alkyl halides is 1. The largest absolute Gasteiger partial charge is 0.352 e. The van der Waals surface area contributed by atoms with Crippen LogP contribution in [0.1, 0.15) is 41.6 Å². The van der Waals surface area contributed by atoms with Crippen molar-refractivity contribution in [3.8, 4) is 0 Å². The highest BCUT2D eigenvalue weighted by Gasteiger charge is 2.10. The molecule has 1 aromatic carbocycles. The number of halogens is 2. The molecule has 18 heavy (non-hydrogen) atoms. The molecular weight excluding hydrogens is 269 g/mol. The minimum atomic E-state index is -0.0963. The molecule has 0 saturated heterocycles. The Morgan fingerprint density at radius 3 is 2.67 bits per heavy atom. The molecule has 1 amide bonds. The third-order valence-corrected chi connectivity index (χ3v) is 3.55. The second-order valence-corrected chi connectivity index (χ2v) is 5.05. The predicted octanol–water partition coefficient (Wildman–Crippen LogP) is 4.18. The van der Waals surface area contributed by atoms with Crippen LogP contribution in [0.2, 0.25) is 5.02 Å². The highest BCUT2D eigenvalue weighted by molar-refractivity contribution is 6.34. The summed E-state index contributed by atoms with van der Waals surface area (Å²) in [6.07, 6.45) is 4.23. The van der Waals surface area contributed by atoms with Gasteiger partial charge in [0, 0.05) is 12.4 Å². The van der Waals surface area contributed by atoms with E-state index in [1.54, 1.807) is 6.07 Å². The lowest BCUT2D eigenvalue weighted by molar-refractivity contribution is 0.0953. The van der Waals surface area contributed by atoms with Crippen LogP contribution in [0.25, 0.3) is 0 Å². The van der Waals surface area contributed by atoms with Crippen molar-refractivity contribution in [1.29, 1.82) is 0 Å². The van der Waals surface area contributed by atoms with Gasteiger partial charge in [0.05, 0.1) is 10.6 Å². The minimum Gasteiger partial charge on any atom is -0.352 e. The van der Waals surface area contributed by atoms with Crippen LogP contribution in [0.5, 0.6) is 0 Å². The van der Waals surface area contributed by atoms with Crippen LogP contribution in [0.3, 0.4) is 0 Å². The van der Waals surface area contributed by atoms with Gasteiger partial charge in [-0.05, 0) is 31.4 Å². The fourth-order valence-corrected chi connectivity index (χ4v) is 2.09. The SMILES string of the molecule is Cc1cccc(C(=O)NCCCCCCCl)c1Cl. The Morgan fingerprint density at radius 1 is 1.22 bits per heavy atom. The summed E-state index contributed by atoms with van der Waals surface area (Å²) in [7, 11) is 0. The van der Waals surface area contributed by atoms with Gasteiger partial charge in [0.25, 0.3) is 5.91 Å². The Hall–Kier alpha value is -0.730. The Bertz CT molecular complexity index is 393. The molecule has 0 aliphatic carbocycles. The number of rotatable bonds is 7. The van der Waals surface area contributed by atoms with E-state index in [9.17, 15) is 4.79 Å². The van der Waals surface area contributed by atoms with Crippen LogP contribution in [0.15, 0.2) is 18.2 Å². The molecule has 1 rings (SSSR count). The number of aryl methyl sites for hydroxylation is 1. The van der Waals surface area contributed by atoms with Crippen molar-refractivity contribution < 1.29 is 4.79 Å². The smallest absolute Gasteiger partial charge is 0.252 e. The maximum atomic E-state index is 11.9. The second-order valence-electron chi connectivity index (χ2n) is 4.30.